The average Bonchev–Trinajstić information content (AvgIpc) is 2.25. The molecule has 0 aliphatic carbocycles. The van der Waals surface area contributed by atoms with Gasteiger partial charge in [-0.25, -0.2) is 9.79 Å². The van der Waals surface area contributed by atoms with E-state index in [2.05, 4.69) is 20.9 Å². The third kappa shape index (κ3) is 4.21. The lowest BCUT2D eigenvalue weighted by atomic mass is 10.3. The van der Waals surface area contributed by atoms with Gasteiger partial charge in [-0.1, -0.05) is 34.1 Å². The molecular weight excluding hydrogens is 246 g/mol. The molecule has 1 rings (SSSR count). The molecule has 1 unspecified atom stereocenters. The molecule has 0 aromatic heterocycles. The molecule has 0 amide bonds. The molecule has 1 aromatic carbocycles. The fourth-order valence-corrected chi connectivity index (χ4v) is 1.17. The minimum atomic E-state index is 0.0455. The predicted octanol–water partition coefficient (Wildman–Crippen LogP) is 2.16. The number of halogens is 1. The van der Waals surface area contributed by atoms with E-state index >= 15 is 0 Å². The molecule has 74 valence electrons. The third-order valence-electron chi connectivity index (χ3n) is 1.53. The minimum absolute atomic E-state index is 0.0455. The minimum Gasteiger partial charge on any atom is -0.492 e. The summed E-state index contributed by atoms with van der Waals surface area (Å²) in [4.78, 5) is 13.3. The Balaban J connectivity index is 2.30. The van der Waals surface area contributed by atoms with Crippen molar-refractivity contribution in [2.75, 3.05) is 13.2 Å². The Morgan fingerprint density at radius 2 is 2.14 bits per heavy atom. The van der Waals surface area contributed by atoms with E-state index in [-0.39, 0.29) is 4.83 Å². The summed E-state index contributed by atoms with van der Waals surface area (Å²) < 4.78 is 5.43. The highest BCUT2D eigenvalue weighted by molar-refractivity contribution is 9.09. The molecule has 0 bridgehead atoms. The van der Waals surface area contributed by atoms with Crippen molar-refractivity contribution in [3.63, 3.8) is 0 Å². The first-order chi connectivity index (χ1) is 6.83. The van der Waals surface area contributed by atoms with E-state index in [1.807, 2.05) is 30.3 Å². The van der Waals surface area contributed by atoms with E-state index in [0.29, 0.717) is 13.2 Å². The zero-order chi connectivity index (χ0) is 10.2. The molecule has 0 aliphatic heterocycles. The standard InChI is InChI=1S/C10H10BrNO2/c11-9(6-12-8-13)7-14-10-4-2-1-3-5-10/h1-5,9H,6-7H2. The molecule has 0 fully saturated rings. The van der Waals surface area contributed by atoms with Crippen LogP contribution in [0.2, 0.25) is 0 Å². The van der Waals surface area contributed by atoms with Gasteiger partial charge >= 0.3 is 0 Å². The second kappa shape index (κ2) is 6.35. The molecule has 1 atom stereocenters. The topological polar surface area (TPSA) is 38.7 Å². The number of isocyanates is 1. The average molecular weight is 256 g/mol. The molecule has 0 radical (unpaired) electrons. The number of hydrogen-bond acceptors (Lipinski definition) is 3. The molecule has 0 aliphatic rings. The van der Waals surface area contributed by atoms with E-state index in [0.717, 1.165) is 5.75 Å². The first kappa shape index (κ1) is 11.0. The van der Waals surface area contributed by atoms with E-state index in [1.54, 1.807) is 0 Å². The lowest BCUT2D eigenvalue weighted by Crippen LogP contribution is -2.14. The number of rotatable bonds is 5. The highest BCUT2D eigenvalue weighted by Gasteiger charge is 2.03. The largest absolute Gasteiger partial charge is 0.492 e. The van der Waals surface area contributed by atoms with Crippen LogP contribution in [0.15, 0.2) is 35.3 Å². The van der Waals surface area contributed by atoms with Crippen LogP contribution in [-0.4, -0.2) is 24.1 Å². The van der Waals surface area contributed by atoms with Crippen molar-refractivity contribution in [3.8, 4) is 5.75 Å². The van der Waals surface area contributed by atoms with Crippen LogP contribution in [0.3, 0.4) is 0 Å². The monoisotopic (exact) mass is 255 g/mol. The van der Waals surface area contributed by atoms with Crippen LogP contribution in [0.1, 0.15) is 0 Å². The number of hydrogen-bond donors (Lipinski definition) is 0. The zero-order valence-electron chi connectivity index (χ0n) is 7.52. The summed E-state index contributed by atoms with van der Waals surface area (Å²) in [5.41, 5.74) is 0. The highest BCUT2D eigenvalue weighted by atomic mass is 79.9. The quantitative estimate of drug-likeness (QED) is 0.460. The number of alkyl halides is 1. The molecule has 0 N–H and O–H groups in total. The van der Waals surface area contributed by atoms with Gasteiger partial charge in [0.25, 0.3) is 0 Å². The predicted molar refractivity (Wildman–Crippen MR) is 57.6 cm³/mol. The summed E-state index contributed by atoms with van der Waals surface area (Å²) in [5, 5.41) is 0. The van der Waals surface area contributed by atoms with Crippen molar-refractivity contribution < 1.29 is 9.53 Å². The fraction of sp³-hybridized carbons (Fsp3) is 0.300. The molecular formula is C10H10BrNO2. The maximum Gasteiger partial charge on any atom is 0.234 e. The number of ether oxygens (including phenoxy) is 1. The van der Waals surface area contributed by atoms with E-state index in [1.165, 1.54) is 6.08 Å². The van der Waals surface area contributed by atoms with E-state index in [4.69, 9.17) is 4.74 Å². The second-order valence-electron chi connectivity index (χ2n) is 2.65. The van der Waals surface area contributed by atoms with Gasteiger partial charge in [0.2, 0.25) is 6.08 Å². The summed E-state index contributed by atoms with van der Waals surface area (Å²) in [6, 6.07) is 9.49. The lowest BCUT2D eigenvalue weighted by Gasteiger charge is -2.08. The summed E-state index contributed by atoms with van der Waals surface area (Å²) >= 11 is 3.34. The normalized spacial score (nSPS) is 11.5. The van der Waals surface area contributed by atoms with Crippen LogP contribution in [0.4, 0.5) is 0 Å². The van der Waals surface area contributed by atoms with Gasteiger partial charge in [-0.15, -0.1) is 0 Å². The van der Waals surface area contributed by atoms with Gasteiger partial charge in [0, 0.05) is 0 Å². The number of aliphatic imine (C=N–C) groups is 1. The van der Waals surface area contributed by atoms with Crippen LogP contribution >= 0.6 is 15.9 Å². The summed E-state index contributed by atoms with van der Waals surface area (Å²) in [5.74, 6) is 0.812. The smallest absolute Gasteiger partial charge is 0.234 e. The molecule has 0 saturated carbocycles. The Morgan fingerprint density at radius 3 is 2.79 bits per heavy atom. The SMILES string of the molecule is O=C=NCC(Br)COc1ccccc1. The number of benzene rings is 1. The van der Waals surface area contributed by atoms with Crippen molar-refractivity contribution in [1.82, 2.24) is 0 Å². The van der Waals surface area contributed by atoms with Crippen LogP contribution in [0.25, 0.3) is 0 Å². The van der Waals surface area contributed by atoms with E-state index in [9.17, 15) is 4.79 Å². The first-order valence-corrected chi connectivity index (χ1v) is 5.10. The number of para-hydroxylation sites is 1. The molecule has 14 heavy (non-hydrogen) atoms. The zero-order valence-corrected chi connectivity index (χ0v) is 9.11. The Bertz CT molecular complexity index is 309. The van der Waals surface area contributed by atoms with Gasteiger partial charge in [-0.05, 0) is 12.1 Å². The van der Waals surface area contributed by atoms with Crippen LogP contribution < -0.4 is 4.74 Å². The molecule has 1 aromatic rings. The molecule has 0 heterocycles. The van der Waals surface area contributed by atoms with Gasteiger partial charge < -0.3 is 4.74 Å². The van der Waals surface area contributed by atoms with Crippen LogP contribution in [0, 0.1) is 0 Å². The summed E-state index contributed by atoms with van der Waals surface area (Å²) in [6.07, 6.45) is 1.49. The second-order valence-corrected chi connectivity index (χ2v) is 3.95. The molecule has 0 saturated heterocycles. The van der Waals surface area contributed by atoms with Crippen LogP contribution in [0.5, 0.6) is 5.75 Å². The van der Waals surface area contributed by atoms with Crippen molar-refractivity contribution in [1.29, 1.82) is 0 Å². The molecule has 0 spiro atoms. The van der Waals surface area contributed by atoms with Crippen molar-refractivity contribution >= 4 is 22.0 Å². The van der Waals surface area contributed by atoms with E-state index < -0.39 is 0 Å². The molecule has 3 nitrogen and oxygen atoms in total. The van der Waals surface area contributed by atoms with Gasteiger partial charge in [0.1, 0.15) is 12.4 Å². The van der Waals surface area contributed by atoms with Crippen molar-refractivity contribution in [2.24, 2.45) is 4.99 Å². The first-order valence-electron chi connectivity index (χ1n) is 4.18. The van der Waals surface area contributed by atoms with Gasteiger partial charge in [-0.2, -0.15) is 0 Å². The Morgan fingerprint density at radius 1 is 1.43 bits per heavy atom. The van der Waals surface area contributed by atoms with Crippen molar-refractivity contribution in [2.45, 2.75) is 4.83 Å². The van der Waals surface area contributed by atoms with Crippen LogP contribution in [-0.2, 0) is 4.79 Å². The lowest BCUT2D eigenvalue weighted by molar-refractivity contribution is 0.320. The van der Waals surface area contributed by atoms with Gasteiger partial charge in [-0.3, -0.25) is 0 Å². The van der Waals surface area contributed by atoms with Gasteiger partial charge in [0.05, 0.1) is 11.4 Å². The summed E-state index contributed by atoms with van der Waals surface area (Å²) in [7, 11) is 0. The van der Waals surface area contributed by atoms with Gasteiger partial charge in [0.15, 0.2) is 0 Å². The Labute approximate surface area is 90.9 Å². The number of carbonyl (C=O) groups excluding carboxylic acids is 1. The Hall–Kier alpha value is -1.12. The molecule has 4 heteroatoms. The Kier molecular flexibility index (Phi) is 4.97. The maximum atomic E-state index is 9.83. The highest BCUT2D eigenvalue weighted by Crippen LogP contribution is 2.10. The third-order valence-corrected chi connectivity index (χ3v) is 2.08. The summed E-state index contributed by atoms with van der Waals surface area (Å²) in [6.45, 7) is 0.867. The number of nitrogens with zero attached hydrogens (tertiary/aromatic N) is 1. The fourth-order valence-electron chi connectivity index (χ4n) is 0.892. The maximum absolute atomic E-state index is 9.83. The van der Waals surface area contributed by atoms with Crippen molar-refractivity contribution in [3.05, 3.63) is 30.3 Å².